The van der Waals surface area contributed by atoms with E-state index in [2.05, 4.69) is 6.07 Å². The molecule has 0 saturated heterocycles. The fraction of sp³-hybridized carbons (Fsp3) is 0.933. The molecule has 0 aliphatic heterocycles. The third-order valence-electron chi connectivity index (χ3n) is 3.69. The van der Waals surface area contributed by atoms with Gasteiger partial charge in [-0.3, -0.25) is 9.80 Å². The Morgan fingerprint density at radius 2 is 1.09 bits per heavy atom. The van der Waals surface area contributed by atoms with Crippen molar-refractivity contribution in [3.63, 3.8) is 0 Å². The molecule has 0 atom stereocenters. The van der Waals surface area contributed by atoms with E-state index in [4.69, 9.17) is 0 Å². The maximum atomic E-state index is 10.0. The molecule has 0 spiro atoms. The first-order valence-electron chi connectivity index (χ1n) is 7.84. The van der Waals surface area contributed by atoms with Crippen LogP contribution in [0.5, 0.6) is 0 Å². The Labute approximate surface area is 135 Å². The summed E-state index contributed by atoms with van der Waals surface area (Å²) in [6, 6.07) is 2.32. The minimum absolute atomic E-state index is 0.00574. The van der Waals surface area contributed by atoms with Gasteiger partial charge in [-0.2, -0.15) is 19.9 Å². The summed E-state index contributed by atoms with van der Waals surface area (Å²) < 4.78 is 0. The van der Waals surface area contributed by atoms with Gasteiger partial charge in [0.05, 0.1) is 0 Å². The van der Waals surface area contributed by atoms with Crippen LogP contribution in [0.4, 0.5) is 0 Å². The largest absolute Gasteiger partial charge is 0.408 e. The van der Waals surface area contributed by atoms with Gasteiger partial charge in [0.25, 0.3) is 0 Å². The predicted octanol–water partition coefficient (Wildman–Crippen LogP) is 2.18. The number of hydrogen-bond acceptors (Lipinski definition) is 6. The van der Waals surface area contributed by atoms with Crippen molar-refractivity contribution in [2.24, 2.45) is 0 Å². The molecule has 0 bridgehead atoms. The molecule has 0 unspecified atom stereocenters. The van der Waals surface area contributed by atoms with Crippen LogP contribution in [0.15, 0.2) is 0 Å². The molecule has 0 heterocycles. The zero-order valence-electron chi connectivity index (χ0n) is 15.1. The van der Waals surface area contributed by atoms with Crippen LogP contribution < -0.4 is 0 Å². The molecule has 0 amide bonds. The summed E-state index contributed by atoms with van der Waals surface area (Å²) in [4.78, 5) is 33.1. The Hall–Kier alpha value is -0.280. The molecular formula is C15H33N3O3P+. The van der Waals surface area contributed by atoms with Gasteiger partial charge in [0.1, 0.15) is 6.07 Å². The van der Waals surface area contributed by atoms with Crippen molar-refractivity contribution in [3.8, 4) is 6.07 Å². The highest BCUT2D eigenvalue weighted by molar-refractivity contribution is 7.58. The van der Waals surface area contributed by atoms with Gasteiger partial charge in [-0.1, -0.05) is 0 Å². The second-order valence-electron chi connectivity index (χ2n) is 6.97. The summed E-state index contributed by atoms with van der Waals surface area (Å²) in [5.41, 5.74) is -1.28. The first kappa shape index (κ1) is 21.7. The second-order valence-corrected chi connectivity index (χ2v) is 8.67. The van der Waals surface area contributed by atoms with Gasteiger partial charge in [-0.25, -0.2) is 0 Å². The Balaban J connectivity index is 6.30. The smallest absolute Gasteiger partial charge is 0.265 e. The molecule has 3 N–H and O–H groups in total. The Morgan fingerprint density at radius 1 is 0.818 bits per heavy atom. The van der Waals surface area contributed by atoms with E-state index in [1.54, 1.807) is 0 Å². The van der Waals surface area contributed by atoms with Gasteiger partial charge < -0.3 is 0 Å². The molecule has 0 aliphatic carbocycles. The van der Waals surface area contributed by atoms with Gasteiger partial charge in [0.2, 0.25) is 5.66 Å². The highest BCUT2D eigenvalue weighted by atomic mass is 31.2. The monoisotopic (exact) mass is 334 g/mol. The topological polar surface area (TPSA) is 91.0 Å². The lowest BCUT2D eigenvalue weighted by Crippen LogP contribution is -2.69. The van der Waals surface area contributed by atoms with Crippen molar-refractivity contribution in [3.05, 3.63) is 0 Å². The average molecular weight is 334 g/mol. The van der Waals surface area contributed by atoms with Crippen molar-refractivity contribution >= 4 is 7.94 Å². The Kier molecular flexibility index (Phi) is 7.91. The highest BCUT2D eigenvalue weighted by Gasteiger charge is 2.56. The number of nitrogens with zero attached hydrogens (tertiary/aromatic N) is 3. The lowest BCUT2D eigenvalue weighted by Gasteiger charge is -2.52. The van der Waals surface area contributed by atoms with E-state index in [1.807, 2.05) is 65.2 Å². The van der Waals surface area contributed by atoms with Crippen LogP contribution in [0.25, 0.3) is 0 Å². The molecule has 0 aromatic heterocycles. The van der Waals surface area contributed by atoms with Crippen LogP contribution in [0.1, 0.15) is 55.4 Å². The van der Waals surface area contributed by atoms with Gasteiger partial charge in [-0.15, -0.1) is 0 Å². The zero-order valence-corrected chi connectivity index (χ0v) is 16.0. The molecule has 0 saturated carbocycles. The number of hydrogen-bond donors (Lipinski definition) is 3. The molecular weight excluding hydrogens is 301 g/mol. The second kappa shape index (κ2) is 8.01. The van der Waals surface area contributed by atoms with Gasteiger partial charge in [0.15, 0.2) is 6.16 Å². The average Bonchev–Trinajstić information content (AvgIpc) is 2.23. The fourth-order valence-electron chi connectivity index (χ4n) is 3.64. The summed E-state index contributed by atoms with van der Waals surface area (Å²) in [6.45, 7) is 15.8. The van der Waals surface area contributed by atoms with E-state index in [-0.39, 0.29) is 30.3 Å². The molecule has 7 heteroatoms. The molecule has 0 radical (unpaired) electrons. The van der Waals surface area contributed by atoms with Crippen molar-refractivity contribution in [2.45, 2.75) is 85.2 Å². The summed E-state index contributed by atoms with van der Waals surface area (Å²) in [5, 5.41) is 10.0. The lowest BCUT2D eigenvalue weighted by atomic mass is 10.0. The molecule has 0 aromatic carbocycles. The zero-order chi connectivity index (χ0) is 17.9. The van der Waals surface area contributed by atoms with E-state index in [0.717, 1.165) is 0 Å². The maximum Gasteiger partial charge on any atom is 0.408 e. The Morgan fingerprint density at radius 3 is 1.23 bits per heavy atom. The standard InChI is InChI=1S/C15H33N3O3P/c1-11(2)17(12(3)4)15(9-16,10-22(19,20)21)18(13(5)6)14(7)8/h11-14,19-21H,10H2,1-8H3/q+1. The third-order valence-corrected chi connectivity index (χ3v) is 4.56. The molecule has 130 valence electrons. The van der Waals surface area contributed by atoms with E-state index in [0.29, 0.717) is 0 Å². The van der Waals surface area contributed by atoms with E-state index in [9.17, 15) is 19.9 Å². The van der Waals surface area contributed by atoms with Gasteiger partial charge in [0, 0.05) is 24.2 Å². The van der Waals surface area contributed by atoms with Crippen LogP contribution in [0, 0.1) is 11.3 Å². The summed E-state index contributed by atoms with van der Waals surface area (Å²) >= 11 is 0. The maximum absolute atomic E-state index is 10.0. The quantitative estimate of drug-likeness (QED) is 0.465. The summed E-state index contributed by atoms with van der Waals surface area (Å²) in [5.74, 6) is 0. The van der Waals surface area contributed by atoms with Crippen molar-refractivity contribution in [2.75, 3.05) is 6.16 Å². The van der Waals surface area contributed by atoms with E-state index < -0.39 is 13.6 Å². The summed E-state index contributed by atoms with van der Waals surface area (Å²) in [7, 11) is -4.13. The molecule has 0 aliphatic rings. The lowest BCUT2D eigenvalue weighted by molar-refractivity contribution is -0.0738. The van der Waals surface area contributed by atoms with Crippen LogP contribution >= 0.6 is 7.94 Å². The molecule has 0 rings (SSSR count). The minimum Gasteiger partial charge on any atom is -0.265 e. The van der Waals surface area contributed by atoms with Crippen molar-refractivity contribution < 1.29 is 14.7 Å². The molecule has 6 nitrogen and oxygen atoms in total. The SMILES string of the molecule is CC(C)N(C(C)C)C(C#N)(C[P+](O)(O)O)N(C(C)C)C(C)C. The van der Waals surface area contributed by atoms with Crippen LogP contribution in [0.2, 0.25) is 0 Å². The first-order valence-corrected chi connectivity index (χ1v) is 9.67. The first-order chi connectivity index (χ1) is 9.80. The normalized spacial score (nSPS) is 14.0. The Bertz CT molecular complexity index is 350. The molecule has 0 aromatic rings. The van der Waals surface area contributed by atoms with Crippen LogP contribution in [0.3, 0.4) is 0 Å². The molecule has 0 fully saturated rings. The minimum atomic E-state index is -4.13. The predicted molar refractivity (Wildman–Crippen MR) is 91.0 cm³/mol. The fourth-order valence-corrected chi connectivity index (χ4v) is 4.63. The number of rotatable bonds is 8. The van der Waals surface area contributed by atoms with E-state index in [1.165, 1.54) is 0 Å². The van der Waals surface area contributed by atoms with Crippen LogP contribution in [-0.2, 0) is 0 Å². The van der Waals surface area contributed by atoms with Gasteiger partial charge >= 0.3 is 7.94 Å². The highest BCUT2D eigenvalue weighted by Crippen LogP contribution is 2.50. The summed E-state index contributed by atoms with van der Waals surface area (Å²) in [6.07, 6.45) is -0.386. The molecule has 22 heavy (non-hydrogen) atoms. The van der Waals surface area contributed by atoms with Crippen molar-refractivity contribution in [1.29, 1.82) is 5.26 Å². The van der Waals surface area contributed by atoms with Crippen LogP contribution in [-0.4, -0.2) is 60.5 Å². The van der Waals surface area contributed by atoms with Crippen molar-refractivity contribution in [1.82, 2.24) is 9.80 Å². The number of nitriles is 1. The van der Waals surface area contributed by atoms with Gasteiger partial charge in [-0.05, 0) is 55.4 Å². The van der Waals surface area contributed by atoms with E-state index >= 15 is 0 Å². The third kappa shape index (κ3) is 5.13.